The third-order valence-electron chi connectivity index (χ3n) is 1.63. The van der Waals surface area contributed by atoms with Crippen molar-refractivity contribution in [2.45, 2.75) is 6.92 Å². The minimum Gasteiger partial charge on any atom is -0.507 e. The molecular formula is C10H11NO2. The predicted octanol–water partition coefficient (Wildman–Crippen LogP) is 1.76. The van der Waals surface area contributed by atoms with Crippen molar-refractivity contribution in [3.63, 3.8) is 0 Å². The smallest absolute Gasteiger partial charge is 0.252 e. The molecule has 1 rings (SSSR count). The number of hydrogen-bond acceptors (Lipinski definition) is 2. The molecule has 13 heavy (non-hydrogen) atoms. The molecule has 0 aromatic carbocycles. The summed E-state index contributed by atoms with van der Waals surface area (Å²) >= 11 is 0. The van der Waals surface area contributed by atoms with Gasteiger partial charge < -0.3 is 10.1 Å². The molecule has 0 bridgehead atoms. The van der Waals surface area contributed by atoms with Crippen LogP contribution < -0.4 is 5.56 Å². The summed E-state index contributed by atoms with van der Waals surface area (Å²) in [6.07, 6.45) is 4.99. The van der Waals surface area contributed by atoms with Gasteiger partial charge in [-0.25, -0.2) is 0 Å². The highest BCUT2D eigenvalue weighted by Crippen LogP contribution is 2.19. The molecule has 0 saturated heterocycles. The van der Waals surface area contributed by atoms with Crippen molar-refractivity contribution in [1.29, 1.82) is 0 Å². The summed E-state index contributed by atoms with van der Waals surface area (Å²) in [7, 11) is 0. The normalized spacial score (nSPS) is 10.5. The number of aromatic amines is 1. The maximum Gasteiger partial charge on any atom is 0.252 e. The van der Waals surface area contributed by atoms with Crippen LogP contribution in [-0.2, 0) is 0 Å². The van der Waals surface area contributed by atoms with E-state index in [0.29, 0.717) is 11.3 Å². The Balaban J connectivity index is 3.46. The number of aromatic hydroxyl groups is 1. The molecule has 0 radical (unpaired) electrons. The molecule has 1 heterocycles. The summed E-state index contributed by atoms with van der Waals surface area (Å²) < 4.78 is 0. The van der Waals surface area contributed by atoms with Crippen molar-refractivity contribution in [2.75, 3.05) is 0 Å². The van der Waals surface area contributed by atoms with E-state index >= 15 is 0 Å². The van der Waals surface area contributed by atoms with Gasteiger partial charge in [0.1, 0.15) is 5.75 Å². The van der Waals surface area contributed by atoms with Gasteiger partial charge in [0.05, 0.1) is 5.69 Å². The molecule has 0 fully saturated rings. The molecule has 0 aliphatic heterocycles. The van der Waals surface area contributed by atoms with Crippen LogP contribution in [0.3, 0.4) is 0 Å². The van der Waals surface area contributed by atoms with Crippen molar-refractivity contribution in [3.05, 3.63) is 40.3 Å². The molecule has 0 atom stereocenters. The minimum atomic E-state index is -0.333. The van der Waals surface area contributed by atoms with Gasteiger partial charge in [-0.15, -0.1) is 0 Å². The van der Waals surface area contributed by atoms with Crippen molar-refractivity contribution in [2.24, 2.45) is 0 Å². The van der Waals surface area contributed by atoms with E-state index < -0.39 is 0 Å². The summed E-state index contributed by atoms with van der Waals surface area (Å²) in [6, 6.07) is 1.14. The number of pyridine rings is 1. The Morgan fingerprint density at radius 2 is 2.31 bits per heavy atom. The van der Waals surface area contributed by atoms with E-state index in [1.165, 1.54) is 6.08 Å². The Kier molecular flexibility index (Phi) is 2.69. The van der Waals surface area contributed by atoms with E-state index in [1.807, 2.05) is 6.92 Å². The topological polar surface area (TPSA) is 53.1 Å². The molecule has 1 aromatic heterocycles. The molecular weight excluding hydrogens is 166 g/mol. The third-order valence-corrected chi connectivity index (χ3v) is 1.63. The second-order valence-corrected chi connectivity index (χ2v) is 2.55. The van der Waals surface area contributed by atoms with Gasteiger partial charge in [0.25, 0.3) is 5.56 Å². The molecule has 0 saturated carbocycles. The molecule has 0 unspecified atom stereocenters. The number of hydrogen-bond donors (Lipinski definition) is 2. The fraction of sp³-hybridized carbons (Fsp3) is 0.100. The molecule has 0 aliphatic carbocycles. The van der Waals surface area contributed by atoms with Crippen molar-refractivity contribution in [1.82, 2.24) is 4.98 Å². The zero-order valence-electron chi connectivity index (χ0n) is 7.37. The van der Waals surface area contributed by atoms with E-state index in [0.717, 1.165) is 6.07 Å². The van der Waals surface area contributed by atoms with Crippen molar-refractivity contribution in [3.8, 4) is 5.75 Å². The second kappa shape index (κ2) is 3.76. The van der Waals surface area contributed by atoms with Gasteiger partial charge in [0.15, 0.2) is 0 Å². The van der Waals surface area contributed by atoms with Gasteiger partial charge in [-0.05, 0) is 13.0 Å². The largest absolute Gasteiger partial charge is 0.507 e. The lowest BCUT2D eigenvalue weighted by Gasteiger charge is -2.02. The minimum absolute atomic E-state index is 0.0308. The molecule has 0 amide bonds. The van der Waals surface area contributed by atoms with Gasteiger partial charge in [-0.1, -0.05) is 18.7 Å². The quantitative estimate of drug-likeness (QED) is 0.723. The molecule has 0 aliphatic rings. The van der Waals surface area contributed by atoms with Crippen LogP contribution in [0.15, 0.2) is 23.5 Å². The molecule has 1 aromatic rings. The van der Waals surface area contributed by atoms with Crippen LogP contribution in [0, 0.1) is 0 Å². The molecule has 3 nitrogen and oxygen atoms in total. The fourth-order valence-electron chi connectivity index (χ4n) is 1.08. The average molecular weight is 177 g/mol. The highest BCUT2D eigenvalue weighted by molar-refractivity contribution is 5.66. The first-order valence-corrected chi connectivity index (χ1v) is 3.90. The zero-order chi connectivity index (χ0) is 9.84. The first kappa shape index (κ1) is 9.32. The predicted molar refractivity (Wildman–Crippen MR) is 53.5 cm³/mol. The van der Waals surface area contributed by atoms with Crippen molar-refractivity contribution >= 4 is 12.2 Å². The SMILES string of the molecule is C=Cc1[nH]c(=O)cc(O)c1/C=C\C. The highest BCUT2D eigenvalue weighted by atomic mass is 16.3. The standard InChI is InChI=1S/C10H11NO2/c1-3-5-7-8(4-2)11-10(13)6-9(7)12/h3-6H,2H2,1H3,(H2,11,12,13)/b5-3-. The number of rotatable bonds is 2. The molecule has 2 N–H and O–H groups in total. The van der Waals surface area contributed by atoms with Crippen LogP contribution in [0.25, 0.3) is 12.2 Å². The maximum absolute atomic E-state index is 10.9. The number of allylic oxidation sites excluding steroid dienone is 1. The lowest BCUT2D eigenvalue weighted by atomic mass is 10.1. The monoisotopic (exact) mass is 177 g/mol. The van der Waals surface area contributed by atoms with Crippen LogP contribution in [0.1, 0.15) is 18.2 Å². The highest BCUT2D eigenvalue weighted by Gasteiger charge is 2.03. The van der Waals surface area contributed by atoms with Gasteiger partial charge in [0, 0.05) is 11.6 Å². The van der Waals surface area contributed by atoms with Gasteiger partial charge >= 0.3 is 0 Å². The average Bonchev–Trinajstić information content (AvgIpc) is 2.09. The van der Waals surface area contributed by atoms with Crippen molar-refractivity contribution < 1.29 is 5.11 Å². The van der Waals surface area contributed by atoms with E-state index in [9.17, 15) is 9.90 Å². The second-order valence-electron chi connectivity index (χ2n) is 2.55. The number of aromatic nitrogens is 1. The molecule has 68 valence electrons. The zero-order valence-corrected chi connectivity index (χ0v) is 7.37. The van der Waals surface area contributed by atoms with Crippen LogP contribution in [0.2, 0.25) is 0 Å². The van der Waals surface area contributed by atoms with Gasteiger partial charge in [0.2, 0.25) is 0 Å². The van der Waals surface area contributed by atoms with E-state index in [2.05, 4.69) is 11.6 Å². The summed E-state index contributed by atoms with van der Waals surface area (Å²) in [5, 5.41) is 9.42. The first-order chi connectivity index (χ1) is 6.19. The maximum atomic E-state index is 10.9. The lowest BCUT2D eigenvalue weighted by Crippen LogP contribution is -2.06. The molecule has 0 spiro atoms. The lowest BCUT2D eigenvalue weighted by molar-refractivity contribution is 0.472. The first-order valence-electron chi connectivity index (χ1n) is 3.90. The van der Waals surface area contributed by atoms with Crippen LogP contribution in [0.5, 0.6) is 5.75 Å². The third kappa shape index (κ3) is 1.87. The van der Waals surface area contributed by atoms with E-state index in [-0.39, 0.29) is 11.3 Å². The number of nitrogens with one attached hydrogen (secondary N) is 1. The number of H-pyrrole nitrogens is 1. The Morgan fingerprint density at radius 3 is 2.85 bits per heavy atom. The Hall–Kier alpha value is -1.77. The van der Waals surface area contributed by atoms with Gasteiger partial charge in [-0.3, -0.25) is 4.79 Å². The summed E-state index contributed by atoms with van der Waals surface area (Å²) in [5.41, 5.74) is 0.779. The van der Waals surface area contributed by atoms with E-state index in [4.69, 9.17) is 0 Å². The van der Waals surface area contributed by atoms with Crippen LogP contribution in [0.4, 0.5) is 0 Å². The fourth-order valence-corrected chi connectivity index (χ4v) is 1.08. The Bertz CT molecular complexity index is 402. The molecule has 3 heteroatoms. The van der Waals surface area contributed by atoms with Crippen LogP contribution >= 0.6 is 0 Å². The van der Waals surface area contributed by atoms with Crippen LogP contribution in [-0.4, -0.2) is 10.1 Å². The Labute approximate surface area is 76.1 Å². The Morgan fingerprint density at radius 1 is 1.62 bits per heavy atom. The summed E-state index contributed by atoms with van der Waals surface area (Å²) in [4.78, 5) is 13.5. The van der Waals surface area contributed by atoms with E-state index in [1.54, 1.807) is 12.2 Å². The summed E-state index contributed by atoms with van der Waals surface area (Å²) in [5.74, 6) is -0.0308. The van der Waals surface area contributed by atoms with Gasteiger partial charge in [-0.2, -0.15) is 0 Å². The summed E-state index contributed by atoms with van der Waals surface area (Å²) in [6.45, 7) is 5.37.